The molecule has 24 heavy (non-hydrogen) atoms. The molecule has 0 spiro atoms. The van der Waals surface area contributed by atoms with Crippen molar-refractivity contribution in [3.8, 4) is 0 Å². The molecule has 2 rings (SSSR count). The Balaban J connectivity index is 1.97. The van der Waals surface area contributed by atoms with Gasteiger partial charge in [-0.25, -0.2) is 0 Å². The molecule has 0 aliphatic carbocycles. The first-order chi connectivity index (χ1) is 11.6. The highest BCUT2D eigenvalue weighted by molar-refractivity contribution is 5.80. The van der Waals surface area contributed by atoms with Gasteiger partial charge in [-0.1, -0.05) is 13.3 Å². The summed E-state index contributed by atoms with van der Waals surface area (Å²) in [4.78, 5) is 21.0. The molecular weight excluding hydrogens is 302 g/mol. The van der Waals surface area contributed by atoms with E-state index in [1.807, 2.05) is 0 Å². The summed E-state index contributed by atoms with van der Waals surface area (Å²) in [5, 5.41) is 3.44. The minimum absolute atomic E-state index is 0.190. The van der Waals surface area contributed by atoms with E-state index in [1.165, 1.54) is 25.8 Å². The molecule has 0 aromatic rings. The number of aliphatic imine (C=N–C) groups is 1. The number of likely N-dealkylation sites (tertiary alicyclic amines) is 2. The predicted octanol–water partition coefficient (Wildman–Crippen LogP) is 1.41. The summed E-state index contributed by atoms with van der Waals surface area (Å²) in [5.41, 5.74) is 5.38. The van der Waals surface area contributed by atoms with Crippen LogP contribution in [0.25, 0.3) is 0 Å². The number of primary amides is 1. The van der Waals surface area contributed by atoms with E-state index in [0.29, 0.717) is 18.4 Å². The Hall–Kier alpha value is -1.30. The fourth-order valence-corrected chi connectivity index (χ4v) is 4.01. The van der Waals surface area contributed by atoms with E-state index in [4.69, 9.17) is 10.7 Å². The monoisotopic (exact) mass is 337 g/mol. The maximum Gasteiger partial charge on any atom is 0.217 e. The number of nitrogens with two attached hydrogens (primary N) is 1. The van der Waals surface area contributed by atoms with Gasteiger partial charge in [-0.3, -0.25) is 14.7 Å². The summed E-state index contributed by atoms with van der Waals surface area (Å²) in [5.74, 6) is 1.18. The lowest BCUT2D eigenvalue weighted by Gasteiger charge is -2.36. The van der Waals surface area contributed by atoms with Crippen LogP contribution in [0.15, 0.2) is 4.99 Å². The summed E-state index contributed by atoms with van der Waals surface area (Å²) >= 11 is 0. The first kappa shape index (κ1) is 19.0. The number of carbonyl (C=O) groups is 1. The zero-order valence-electron chi connectivity index (χ0n) is 15.5. The van der Waals surface area contributed by atoms with E-state index in [9.17, 15) is 4.79 Å². The maximum absolute atomic E-state index is 11.2. The van der Waals surface area contributed by atoms with Gasteiger partial charge in [-0.15, -0.1) is 0 Å². The van der Waals surface area contributed by atoms with E-state index < -0.39 is 0 Å². The third-order valence-corrected chi connectivity index (χ3v) is 5.25. The second-order valence-electron chi connectivity index (χ2n) is 7.10. The molecule has 0 saturated carbocycles. The number of carbonyl (C=O) groups excluding carboxylic acids is 1. The number of hydrogen-bond donors (Lipinski definition) is 2. The zero-order chi connectivity index (χ0) is 17.4. The Morgan fingerprint density at radius 2 is 2.04 bits per heavy atom. The Bertz CT molecular complexity index is 426. The van der Waals surface area contributed by atoms with Gasteiger partial charge in [-0.2, -0.15) is 0 Å². The van der Waals surface area contributed by atoms with Crippen LogP contribution in [0.4, 0.5) is 0 Å². The predicted molar refractivity (Wildman–Crippen MR) is 99.0 cm³/mol. The molecule has 0 bridgehead atoms. The molecule has 2 heterocycles. The van der Waals surface area contributed by atoms with Crippen LogP contribution in [0.1, 0.15) is 52.4 Å². The minimum Gasteiger partial charge on any atom is -0.370 e. The van der Waals surface area contributed by atoms with Crippen LogP contribution in [0, 0.1) is 5.92 Å². The van der Waals surface area contributed by atoms with Crippen molar-refractivity contribution in [3.05, 3.63) is 0 Å². The maximum atomic E-state index is 11.2. The fourth-order valence-electron chi connectivity index (χ4n) is 4.01. The Morgan fingerprint density at radius 1 is 1.21 bits per heavy atom. The molecule has 2 fully saturated rings. The third kappa shape index (κ3) is 5.65. The molecule has 1 amide bonds. The SMILES string of the molecule is CCNC(=NCC1CCCCN1CC)N1CCCC(CC(N)=O)C1. The number of piperidine rings is 2. The standard InChI is InChI=1S/C18H35N5O/c1-3-20-18(21-13-16-9-5-6-10-22(16)4-2)23-11-7-8-15(14-23)12-17(19)24/h15-16H,3-14H2,1-2H3,(H2,19,24)(H,20,21). The molecule has 0 aromatic heterocycles. The smallest absolute Gasteiger partial charge is 0.217 e. The van der Waals surface area contributed by atoms with Crippen molar-refractivity contribution in [1.29, 1.82) is 0 Å². The number of amides is 1. The van der Waals surface area contributed by atoms with E-state index in [2.05, 4.69) is 29.0 Å². The molecule has 6 heteroatoms. The number of rotatable bonds is 6. The van der Waals surface area contributed by atoms with Gasteiger partial charge in [0.25, 0.3) is 0 Å². The van der Waals surface area contributed by atoms with Gasteiger partial charge in [-0.05, 0) is 51.6 Å². The quantitative estimate of drug-likeness (QED) is 0.568. The topological polar surface area (TPSA) is 74.0 Å². The molecule has 0 radical (unpaired) electrons. The van der Waals surface area contributed by atoms with Crippen LogP contribution in [0.5, 0.6) is 0 Å². The Morgan fingerprint density at radius 3 is 2.75 bits per heavy atom. The molecule has 138 valence electrons. The second kappa shape index (κ2) is 9.87. The number of hydrogen-bond acceptors (Lipinski definition) is 3. The molecule has 2 saturated heterocycles. The van der Waals surface area contributed by atoms with E-state index in [0.717, 1.165) is 51.5 Å². The molecule has 2 aliphatic heterocycles. The van der Waals surface area contributed by atoms with Crippen LogP contribution in [0.3, 0.4) is 0 Å². The number of likely N-dealkylation sites (N-methyl/N-ethyl adjacent to an activating group) is 1. The lowest BCUT2D eigenvalue weighted by Crippen LogP contribution is -2.48. The summed E-state index contributed by atoms with van der Waals surface area (Å²) in [6, 6.07) is 0.573. The molecule has 2 aliphatic rings. The van der Waals surface area contributed by atoms with Crippen molar-refractivity contribution in [2.75, 3.05) is 39.3 Å². The van der Waals surface area contributed by atoms with Crippen LogP contribution in [-0.2, 0) is 4.79 Å². The highest BCUT2D eigenvalue weighted by Crippen LogP contribution is 2.20. The van der Waals surface area contributed by atoms with Crippen LogP contribution < -0.4 is 11.1 Å². The van der Waals surface area contributed by atoms with Crippen molar-refractivity contribution in [1.82, 2.24) is 15.1 Å². The fraction of sp³-hybridized carbons (Fsp3) is 0.889. The molecular formula is C18H35N5O. The average molecular weight is 338 g/mol. The van der Waals surface area contributed by atoms with Gasteiger partial charge < -0.3 is 16.0 Å². The van der Waals surface area contributed by atoms with Gasteiger partial charge in [0.1, 0.15) is 0 Å². The lowest BCUT2D eigenvalue weighted by molar-refractivity contribution is -0.119. The summed E-state index contributed by atoms with van der Waals surface area (Å²) in [7, 11) is 0. The second-order valence-corrected chi connectivity index (χ2v) is 7.10. The van der Waals surface area contributed by atoms with Crippen molar-refractivity contribution in [3.63, 3.8) is 0 Å². The normalized spacial score (nSPS) is 26.4. The molecule has 2 unspecified atom stereocenters. The average Bonchev–Trinajstić information content (AvgIpc) is 2.58. The zero-order valence-corrected chi connectivity index (χ0v) is 15.5. The number of nitrogens with zero attached hydrogens (tertiary/aromatic N) is 3. The van der Waals surface area contributed by atoms with Gasteiger partial charge in [0, 0.05) is 32.1 Å². The first-order valence-electron chi connectivity index (χ1n) is 9.69. The molecule has 3 N–H and O–H groups in total. The summed E-state index contributed by atoms with van der Waals surface area (Å²) < 4.78 is 0. The van der Waals surface area contributed by atoms with E-state index >= 15 is 0 Å². The molecule has 2 atom stereocenters. The van der Waals surface area contributed by atoms with E-state index in [-0.39, 0.29) is 5.91 Å². The van der Waals surface area contributed by atoms with Gasteiger partial charge in [0.05, 0.1) is 6.54 Å². The number of nitrogens with one attached hydrogen (secondary N) is 1. The lowest BCUT2D eigenvalue weighted by atomic mass is 9.95. The van der Waals surface area contributed by atoms with Gasteiger partial charge in [0.15, 0.2) is 5.96 Å². The Labute approximate surface area is 146 Å². The first-order valence-corrected chi connectivity index (χ1v) is 9.69. The van der Waals surface area contributed by atoms with Crippen molar-refractivity contribution in [2.24, 2.45) is 16.6 Å². The highest BCUT2D eigenvalue weighted by Gasteiger charge is 2.25. The molecule has 6 nitrogen and oxygen atoms in total. The summed E-state index contributed by atoms with van der Waals surface area (Å²) in [6.07, 6.45) is 6.56. The third-order valence-electron chi connectivity index (χ3n) is 5.25. The van der Waals surface area contributed by atoms with E-state index in [1.54, 1.807) is 0 Å². The van der Waals surface area contributed by atoms with Crippen LogP contribution in [0.2, 0.25) is 0 Å². The minimum atomic E-state index is -0.190. The van der Waals surface area contributed by atoms with Crippen molar-refractivity contribution >= 4 is 11.9 Å². The Kier molecular flexibility index (Phi) is 7.82. The van der Waals surface area contributed by atoms with Gasteiger partial charge in [0.2, 0.25) is 5.91 Å². The van der Waals surface area contributed by atoms with Crippen LogP contribution >= 0.6 is 0 Å². The summed E-state index contributed by atoms with van der Waals surface area (Å²) in [6.45, 7) is 10.3. The van der Waals surface area contributed by atoms with Gasteiger partial charge >= 0.3 is 0 Å². The molecule has 0 aromatic carbocycles. The number of guanidine groups is 1. The largest absolute Gasteiger partial charge is 0.370 e. The van der Waals surface area contributed by atoms with Crippen LogP contribution in [-0.4, -0.2) is 67.0 Å². The van der Waals surface area contributed by atoms with Crippen molar-refractivity contribution < 1.29 is 4.79 Å². The van der Waals surface area contributed by atoms with Crippen molar-refractivity contribution in [2.45, 2.75) is 58.4 Å². The highest BCUT2D eigenvalue weighted by atomic mass is 16.1.